The van der Waals surface area contributed by atoms with E-state index < -0.39 is 0 Å². The lowest BCUT2D eigenvalue weighted by Gasteiger charge is -2.27. The molecule has 10 rings (SSSR count). The second-order valence-electron chi connectivity index (χ2n) is 14.1. The molecule has 9 aromatic carbocycles. The van der Waals surface area contributed by atoms with Crippen molar-refractivity contribution >= 4 is 38.9 Å². The van der Waals surface area contributed by atoms with Gasteiger partial charge in [-0.3, -0.25) is 0 Å². The van der Waals surface area contributed by atoms with Crippen molar-refractivity contribution in [1.82, 2.24) is 4.57 Å². The number of aromatic nitrogens is 1. The van der Waals surface area contributed by atoms with Crippen LogP contribution in [0, 0.1) is 0 Å². The molecular weight excluding hydrogens is 677 g/mol. The predicted octanol–water partition coefficient (Wildman–Crippen LogP) is 14.9. The zero-order valence-corrected chi connectivity index (χ0v) is 30.8. The van der Waals surface area contributed by atoms with Crippen LogP contribution in [0.4, 0.5) is 17.1 Å². The van der Waals surface area contributed by atoms with E-state index in [1.807, 2.05) is 0 Å². The van der Waals surface area contributed by atoms with Gasteiger partial charge < -0.3 is 9.47 Å². The zero-order valence-electron chi connectivity index (χ0n) is 30.8. The molecule has 2 nitrogen and oxygen atoms in total. The SMILES string of the molecule is c1ccc(-c2cccc(-c3ccccc3-n3c4ccccc4c4ccc(-c5ccc(-c6ccccc6N(c6ccccc6)c6ccccc6)cc5)cc43)c2)cc1. The minimum Gasteiger partial charge on any atom is -0.310 e. The van der Waals surface area contributed by atoms with Gasteiger partial charge in [-0.1, -0.05) is 176 Å². The molecule has 0 saturated carbocycles. The summed E-state index contributed by atoms with van der Waals surface area (Å²) in [7, 11) is 0. The molecule has 0 N–H and O–H groups in total. The summed E-state index contributed by atoms with van der Waals surface area (Å²) in [6.45, 7) is 0. The van der Waals surface area contributed by atoms with Crippen LogP contribution in [0.15, 0.2) is 231 Å². The molecule has 0 saturated heterocycles. The van der Waals surface area contributed by atoms with Crippen molar-refractivity contribution in [3.05, 3.63) is 231 Å². The van der Waals surface area contributed by atoms with Gasteiger partial charge in [-0.25, -0.2) is 0 Å². The van der Waals surface area contributed by atoms with Gasteiger partial charge in [-0.2, -0.15) is 0 Å². The van der Waals surface area contributed by atoms with Crippen LogP contribution >= 0.6 is 0 Å². The number of para-hydroxylation sites is 5. The molecule has 0 aliphatic heterocycles. The Morgan fingerprint density at radius 3 is 1.54 bits per heavy atom. The van der Waals surface area contributed by atoms with E-state index in [4.69, 9.17) is 0 Å². The molecule has 264 valence electrons. The molecule has 2 heteroatoms. The third-order valence-electron chi connectivity index (χ3n) is 10.8. The first kappa shape index (κ1) is 33.2. The summed E-state index contributed by atoms with van der Waals surface area (Å²) >= 11 is 0. The normalized spacial score (nSPS) is 11.2. The second-order valence-corrected chi connectivity index (χ2v) is 14.1. The molecule has 1 aromatic heterocycles. The van der Waals surface area contributed by atoms with E-state index in [1.54, 1.807) is 0 Å². The highest BCUT2D eigenvalue weighted by atomic mass is 15.1. The van der Waals surface area contributed by atoms with Crippen molar-refractivity contribution in [2.45, 2.75) is 0 Å². The van der Waals surface area contributed by atoms with Gasteiger partial charge in [0, 0.05) is 33.3 Å². The van der Waals surface area contributed by atoms with E-state index in [0.29, 0.717) is 0 Å². The summed E-state index contributed by atoms with van der Waals surface area (Å²) in [5.74, 6) is 0. The Bertz CT molecular complexity index is 2910. The zero-order chi connectivity index (χ0) is 37.3. The summed E-state index contributed by atoms with van der Waals surface area (Å²) in [6, 6.07) is 83.0. The van der Waals surface area contributed by atoms with E-state index in [-0.39, 0.29) is 0 Å². The first-order chi connectivity index (χ1) is 27.8. The van der Waals surface area contributed by atoms with E-state index in [1.165, 1.54) is 66.3 Å². The fourth-order valence-electron chi connectivity index (χ4n) is 8.16. The highest BCUT2D eigenvalue weighted by Crippen LogP contribution is 2.42. The van der Waals surface area contributed by atoms with Gasteiger partial charge in [-0.05, 0) is 88.0 Å². The quantitative estimate of drug-likeness (QED) is 0.152. The number of fused-ring (bicyclic) bond motifs is 3. The van der Waals surface area contributed by atoms with E-state index in [2.05, 4.69) is 240 Å². The van der Waals surface area contributed by atoms with E-state index >= 15 is 0 Å². The first-order valence-electron chi connectivity index (χ1n) is 19.2. The lowest BCUT2D eigenvalue weighted by molar-refractivity contribution is 1.18. The number of hydrogen-bond donors (Lipinski definition) is 0. The molecule has 56 heavy (non-hydrogen) atoms. The highest BCUT2D eigenvalue weighted by Gasteiger charge is 2.19. The fraction of sp³-hybridized carbons (Fsp3) is 0. The van der Waals surface area contributed by atoms with Crippen molar-refractivity contribution in [1.29, 1.82) is 0 Å². The van der Waals surface area contributed by atoms with Gasteiger partial charge in [0.05, 0.1) is 22.4 Å². The number of benzene rings is 9. The summed E-state index contributed by atoms with van der Waals surface area (Å²) < 4.78 is 2.45. The lowest BCUT2D eigenvalue weighted by Crippen LogP contribution is -2.10. The van der Waals surface area contributed by atoms with E-state index in [9.17, 15) is 0 Å². The van der Waals surface area contributed by atoms with Crippen LogP contribution in [0.5, 0.6) is 0 Å². The van der Waals surface area contributed by atoms with Crippen LogP contribution in [0.1, 0.15) is 0 Å². The summed E-state index contributed by atoms with van der Waals surface area (Å²) in [4.78, 5) is 2.34. The van der Waals surface area contributed by atoms with Crippen LogP contribution in [-0.2, 0) is 0 Å². The Hall–Kier alpha value is -7.42. The molecular formula is C54H38N2. The maximum absolute atomic E-state index is 2.45. The number of hydrogen-bond acceptors (Lipinski definition) is 1. The third kappa shape index (κ3) is 6.04. The molecule has 0 spiro atoms. The Kier molecular flexibility index (Phi) is 8.55. The standard InChI is InChI=1S/C54H38N2/c1-4-17-39(18-5-1)42-19-16-20-44(37-42)48-26-11-14-29-52(48)56-53-30-15-12-27-49(53)50-36-35-43(38-54(50)56)40-31-33-41(34-32-40)47-25-10-13-28-51(47)55(45-21-6-2-7-22-45)46-23-8-3-9-24-46/h1-38H. The smallest absolute Gasteiger partial charge is 0.0547 e. The molecule has 10 aromatic rings. The molecule has 1 heterocycles. The molecule has 0 unspecified atom stereocenters. The molecule has 0 bridgehead atoms. The Labute approximate surface area is 327 Å². The minimum atomic E-state index is 1.12. The fourth-order valence-corrected chi connectivity index (χ4v) is 8.16. The average molecular weight is 715 g/mol. The Morgan fingerprint density at radius 2 is 0.786 bits per heavy atom. The monoisotopic (exact) mass is 714 g/mol. The largest absolute Gasteiger partial charge is 0.310 e. The molecule has 0 amide bonds. The molecule has 0 radical (unpaired) electrons. The number of nitrogens with zero attached hydrogens (tertiary/aromatic N) is 2. The van der Waals surface area contributed by atoms with E-state index in [0.717, 1.165) is 22.7 Å². The van der Waals surface area contributed by atoms with Gasteiger partial charge in [0.15, 0.2) is 0 Å². The molecule has 0 fully saturated rings. The summed E-state index contributed by atoms with van der Waals surface area (Å²) in [5.41, 5.74) is 16.4. The van der Waals surface area contributed by atoms with Crippen molar-refractivity contribution < 1.29 is 0 Å². The number of anilines is 3. The average Bonchev–Trinajstić information content (AvgIpc) is 3.61. The van der Waals surface area contributed by atoms with Gasteiger partial charge in [-0.15, -0.1) is 0 Å². The maximum atomic E-state index is 2.45. The highest BCUT2D eigenvalue weighted by molar-refractivity contribution is 6.10. The van der Waals surface area contributed by atoms with Crippen LogP contribution in [0.25, 0.3) is 72.0 Å². The van der Waals surface area contributed by atoms with Crippen molar-refractivity contribution in [3.8, 4) is 50.2 Å². The molecule has 0 aliphatic carbocycles. The van der Waals surface area contributed by atoms with Crippen molar-refractivity contribution in [2.24, 2.45) is 0 Å². The summed E-state index contributed by atoms with van der Waals surface area (Å²) in [6.07, 6.45) is 0. The first-order valence-corrected chi connectivity index (χ1v) is 19.2. The van der Waals surface area contributed by atoms with Gasteiger partial charge in [0.25, 0.3) is 0 Å². The van der Waals surface area contributed by atoms with Crippen molar-refractivity contribution in [3.63, 3.8) is 0 Å². The van der Waals surface area contributed by atoms with Gasteiger partial charge in [0.1, 0.15) is 0 Å². The lowest BCUT2D eigenvalue weighted by atomic mass is 9.97. The van der Waals surface area contributed by atoms with Crippen molar-refractivity contribution in [2.75, 3.05) is 4.90 Å². The van der Waals surface area contributed by atoms with Crippen LogP contribution in [0.2, 0.25) is 0 Å². The molecule has 0 aliphatic rings. The van der Waals surface area contributed by atoms with Gasteiger partial charge >= 0.3 is 0 Å². The minimum absolute atomic E-state index is 1.12. The topological polar surface area (TPSA) is 8.17 Å². The Balaban J connectivity index is 1.07. The summed E-state index contributed by atoms with van der Waals surface area (Å²) in [5, 5.41) is 2.49. The van der Waals surface area contributed by atoms with Gasteiger partial charge in [0.2, 0.25) is 0 Å². The Morgan fingerprint density at radius 1 is 0.286 bits per heavy atom. The predicted molar refractivity (Wildman–Crippen MR) is 237 cm³/mol. The van der Waals surface area contributed by atoms with Crippen LogP contribution in [0.3, 0.4) is 0 Å². The number of rotatable bonds is 8. The molecule has 0 atom stereocenters. The third-order valence-corrected chi connectivity index (χ3v) is 10.8. The van der Waals surface area contributed by atoms with Crippen LogP contribution < -0.4 is 4.90 Å². The van der Waals surface area contributed by atoms with Crippen LogP contribution in [-0.4, -0.2) is 4.57 Å². The maximum Gasteiger partial charge on any atom is 0.0547 e. The second kappa shape index (κ2) is 14.4.